The molecule has 2 rings (SSSR count). The van der Waals surface area contributed by atoms with Gasteiger partial charge in [0.1, 0.15) is 6.33 Å². The molecule has 1 aromatic heterocycles. The number of hydrogen-bond donors (Lipinski definition) is 3. The van der Waals surface area contributed by atoms with E-state index in [2.05, 4.69) is 20.7 Å². The Morgan fingerprint density at radius 3 is 2.61 bits per heavy atom. The Labute approximate surface area is 135 Å². The number of aryl methyl sites for hydroxylation is 1. The summed E-state index contributed by atoms with van der Waals surface area (Å²) >= 11 is 0. The van der Waals surface area contributed by atoms with Gasteiger partial charge < -0.3 is 10.4 Å². The number of carbonyl (C=O) groups is 1. The van der Waals surface area contributed by atoms with Crippen LogP contribution in [0.4, 0.5) is 10.7 Å². The summed E-state index contributed by atoms with van der Waals surface area (Å²) in [7, 11) is 1.70. The topological polar surface area (TPSA) is 92.1 Å². The molecule has 23 heavy (non-hydrogen) atoms. The maximum absolute atomic E-state index is 12.0. The van der Waals surface area contributed by atoms with Crippen molar-refractivity contribution in [3.63, 3.8) is 0 Å². The highest BCUT2D eigenvalue weighted by Crippen LogP contribution is 2.34. The summed E-state index contributed by atoms with van der Waals surface area (Å²) < 4.78 is 1.48. The van der Waals surface area contributed by atoms with Crippen LogP contribution in [0.1, 0.15) is 25.3 Å². The molecule has 2 amide bonds. The molecule has 0 bridgehead atoms. The maximum atomic E-state index is 12.0. The molecule has 0 fully saturated rings. The number of nitrogens with zero attached hydrogens (tertiary/aromatic N) is 3. The van der Waals surface area contributed by atoms with E-state index >= 15 is 0 Å². The van der Waals surface area contributed by atoms with Crippen molar-refractivity contribution in [3.05, 3.63) is 42.2 Å². The van der Waals surface area contributed by atoms with E-state index in [1.165, 1.54) is 11.0 Å². The lowest BCUT2D eigenvalue weighted by Crippen LogP contribution is -2.39. The summed E-state index contributed by atoms with van der Waals surface area (Å²) in [5.41, 5.74) is 0.713. The SMILES string of the molecule is Cn1ncnc1NC(=O)NCC(c1ccccc1)C(C)(C)CO. The van der Waals surface area contributed by atoms with E-state index in [1.54, 1.807) is 7.05 Å². The van der Waals surface area contributed by atoms with Crippen molar-refractivity contribution in [2.75, 3.05) is 18.5 Å². The molecule has 0 saturated carbocycles. The van der Waals surface area contributed by atoms with Crippen molar-refractivity contribution < 1.29 is 9.90 Å². The largest absolute Gasteiger partial charge is 0.396 e. The first-order chi connectivity index (χ1) is 10.9. The van der Waals surface area contributed by atoms with Crippen molar-refractivity contribution in [2.45, 2.75) is 19.8 Å². The lowest BCUT2D eigenvalue weighted by molar-refractivity contribution is 0.130. The highest BCUT2D eigenvalue weighted by Gasteiger charge is 2.30. The first-order valence-electron chi connectivity index (χ1n) is 7.48. The third-order valence-electron chi connectivity index (χ3n) is 3.96. The Balaban J connectivity index is 2.04. The second kappa shape index (κ2) is 7.23. The van der Waals surface area contributed by atoms with Crippen molar-refractivity contribution in [2.24, 2.45) is 12.5 Å². The molecule has 1 unspecified atom stereocenters. The van der Waals surface area contributed by atoms with Crippen LogP contribution < -0.4 is 10.6 Å². The summed E-state index contributed by atoms with van der Waals surface area (Å²) in [5.74, 6) is 0.360. The molecule has 3 N–H and O–H groups in total. The number of carbonyl (C=O) groups excluding carboxylic acids is 1. The molecule has 1 heterocycles. The van der Waals surface area contributed by atoms with Gasteiger partial charge in [-0.25, -0.2) is 9.48 Å². The summed E-state index contributed by atoms with van der Waals surface area (Å²) in [6.07, 6.45) is 1.37. The zero-order valence-electron chi connectivity index (χ0n) is 13.7. The van der Waals surface area contributed by atoms with Crippen molar-refractivity contribution in [1.82, 2.24) is 20.1 Å². The molecule has 0 spiro atoms. The van der Waals surface area contributed by atoms with Crippen molar-refractivity contribution in [1.29, 1.82) is 0 Å². The first kappa shape index (κ1) is 17.0. The molecule has 0 aliphatic carbocycles. The van der Waals surface area contributed by atoms with Crippen LogP contribution in [0, 0.1) is 5.41 Å². The van der Waals surface area contributed by atoms with Crippen LogP contribution >= 0.6 is 0 Å². The fourth-order valence-corrected chi connectivity index (χ4v) is 2.39. The van der Waals surface area contributed by atoms with Gasteiger partial charge in [-0.05, 0) is 11.0 Å². The molecule has 7 nitrogen and oxygen atoms in total. The van der Waals surface area contributed by atoms with E-state index in [0.29, 0.717) is 12.5 Å². The van der Waals surface area contributed by atoms with E-state index in [0.717, 1.165) is 5.56 Å². The lowest BCUT2D eigenvalue weighted by Gasteiger charge is -2.33. The minimum Gasteiger partial charge on any atom is -0.396 e. The van der Waals surface area contributed by atoms with E-state index in [9.17, 15) is 9.90 Å². The second-order valence-electron chi connectivity index (χ2n) is 6.15. The Bertz CT molecular complexity index is 639. The highest BCUT2D eigenvalue weighted by atomic mass is 16.3. The van der Waals surface area contributed by atoms with Gasteiger partial charge in [0.15, 0.2) is 0 Å². The smallest absolute Gasteiger partial charge is 0.321 e. The minimum atomic E-state index is -0.362. The van der Waals surface area contributed by atoms with Crippen LogP contribution in [0.5, 0.6) is 0 Å². The molecule has 0 radical (unpaired) electrons. The normalized spacial score (nSPS) is 12.7. The van der Waals surface area contributed by atoms with E-state index < -0.39 is 0 Å². The minimum absolute atomic E-state index is 0.0149. The van der Waals surface area contributed by atoms with Gasteiger partial charge in [-0.3, -0.25) is 5.32 Å². The molecule has 124 valence electrons. The van der Waals surface area contributed by atoms with Crippen LogP contribution in [-0.2, 0) is 7.05 Å². The van der Waals surface area contributed by atoms with Gasteiger partial charge in [0, 0.05) is 26.1 Å². The van der Waals surface area contributed by atoms with Crippen molar-refractivity contribution in [3.8, 4) is 0 Å². The number of hydrogen-bond acceptors (Lipinski definition) is 4. The third kappa shape index (κ3) is 4.29. The molecule has 0 saturated heterocycles. The Morgan fingerprint density at radius 2 is 2.04 bits per heavy atom. The molecule has 1 atom stereocenters. The van der Waals surface area contributed by atoms with Gasteiger partial charge in [-0.15, -0.1) is 0 Å². The van der Waals surface area contributed by atoms with Crippen LogP contribution in [0.3, 0.4) is 0 Å². The van der Waals surface area contributed by atoms with Crippen LogP contribution in [0.15, 0.2) is 36.7 Å². The highest BCUT2D eigenvalue weighted by molar-refractivity contribution is 5.87. The molecule has 2 aromatic rings. The summed E-state index contributed by atoms with van der Waals surface area (Å²) in [6.45, 7) is 4.39. The Hall–Kier alpha value is -2.41. The monoisotopic (exact) mass is 317 g/mol. The second-order valence-corrected chi connectivity index (χ2v) is 6.15. The first-order valence-corrected chi connectivity index (χ1v) is 7.48. The number of aliphatic hydroxyl groups is 1. The van der Waals surface area contributed by atoms with Gasteiger partial charge in [-0.1, -0.05) is 44.2 Å². The van der Waals surface area contributed by atoms with Crippen LogP contribution in [0.25, 0.3) is 0 Å². The van der Waals surface area contributed by atoms with E-state index in [-0.39, 0.29) is 24.0 Å². The summed E-state index contributed by atoms with van der Waals surface area (Å²) in [4.78, 5) is 16.0. The standard InChI is InChI=1S/C16H23N5O2/c1-16(2,10-22)13(12-7-5-4-6-8-12)9-17-15(23)20-14-18-11-19-21(14)3/h4-8,11,13,22H,9-10H2,1-3H3,(H2,17,18,19,20,23). The number of benzene rings is 1. The zero-order valence-corrected chi connectivity index (χ0v) is 13.7. The predicted octanol–water partition coefficient (Wildman–Crippen LogP) is 1.74. The average Bonchev–Trinajstić information content (AvgIpc) is 2.93. The van der Waals surface area contributed by atoms with Gasteiger partial charge in [0.2, 0.25) is 5.95 Å². The summed E-state index contributed by atoms with van der Waals surface area (Å²) in [6, 6.07) is 9.51. The van der Waals surface area contributed by atoms with E-state index in [4.69, 9.17) is 0 Å². The molecule has 0 aliphatic rings. The molecular formula is C16H23N5O2. The fourth-order valence-electron chi connectivity index (χ4n) is 2.39. The third-order valence-corrected chi connectivity index (χ3v) is 3.96. The number of aromatic nitrogens is 3. The number of rotatable bonds is 6. The van der Waals surface area contributed by atoms with E-state index in [1.807, 2.05) is 44.2 Å². The fraction of sp³-hybridized carbons (Fsp3) is 0.438. The average molecular weight is 317 g/mol. The van der Waals surface area contributed by atoms with Gasteiger partial charge in [0.05, 0.1) is 0 Å². The zero-order chi connectivity index (χ0) is 16.9. The molecule has 1 aromatic carbocycles. The molecule has 7 heteroatoms. The van der Waals surface area contributed by atoms with Crippen LogP contribution in [-0.4, -0.2) is 39.1 Å². The van der Waals surface area contributed by atoms with Gasteiger partial charge in [-0.2, -0.15) is 10.1 Å². The summed E-state index contributed by atoms with van der Waals surface area (Å²) in [5, 5.41) is 19.1. The van der Waals surface area contributed by atoms with Gasteiger partial charge in [0.25, 0.3) is 0 Å². The number of aliphatic hydroxyl groups excluding tert-OH is 1. The van der Waals surface area contributed by atoms with Crippen LogP contribution in [0.2, 0.25) is 0 Å². The lowest BCUT2D eigenvalue weighted by atomic mass is 9.75. The molecular weight excluding hydrogens is 294 g/mol. The van der Waals surface area contributed by atoms with Gasteiger partial charge >= 0.3 is 6.03 Å². The molecule has 0 aliphatic heterocycles. The van der Waals surface area contributed by atoms with Crippen molar-refractivity contribution >= 4 is 12.0 Å². The Morgan fingerprint density at radius 1 is 1.35 bits per heavy atom. The maximum Gasteiger partial charge on any atom is 0.321 e. The number of amides is 2. The predicted molar refractivity (Wildman–Crippen MR) is 88.1 cm³/mol. The number of urea groups is 1. The quantitative estimate of drug-likeness (QED) is 0.756. The number of nitrogens with one attached hydrogen (secondary N) is 2. The number of anilines is 1. The Kier molecular flexibility index (Phi) is 5.33.